The van der Waals surface area contributed by atoms with Crippen LogP contribution >= 0.6 is 0 Å². The second-order valence-corrected chi connectivity index (χ2v) is 7.21. The van der Waals surface area contributed by atoms with Crippen molar-refractivity contribution in [1.82, 2.24) is 10.2 Å². The topological polar surface area (TPSA) is 66.5 Å². The lowest BCUT2D eigenvalue weighted by Crippen LogP contribution is -2.45. The van der Waals surface area contributed by atoms with Gasteiger partial charge in [-0.3, -0.25) is 4.79 Å². The molecule has 2 rings (SSSR count). The average molecular weight is 260 g/mol. The third-order valence-corrected chi connectivity index (χ3v) is 5.92. The van der Waals surface area contributed by atoms with Crippen molar-refractivity contribution in [2.24, 2.45) is 0 Å². The molecule has 98 valence electrons. The monoisotopic (exact) mass is 260 g/mol. The molecule has 0 aromatic heterocycles. The molecular weight excluding hydrogens is 240 g/mol. The number of likely N-dealkylation sites (tertiary alicyclic amines) is 1. The van der Waals surface area contributed by atoms with E-state index in [4.69, 9.17) is 0 Å². The van der Waals surface area contributed by atoms with Crippen LogP contribution in [0.15, 0.2) is 0 Å². The number of sulfone groups is 1. The molecule has 2 fully saturated rings. The second-order valence-electron chi connectivity index (χ2n) is 4.91. The number of carbonyl (C=O) groups excluding carboxylic acids is 1. The van der Waals surface area contributed by atoms with E-state index in [0.717, 1.165) is 12.8 Å². The summed E-state index contributed by atoms with van der Waals surface area (Å²) >= 11 is 0. The highest BCUT2D eigenvalue weighted by molar-refractivity contribution is 7.92. The molecule has 2 atom stereocenters. The van der Waals surface area contributed by atoms with Gasteiger partial charge < -0.3 is 10.2 Å². The molecule has 2 heterocycles. The van der Waals surface area contributed by atoms with Crippen molar-refractivity contribution in [3.63, 3.8) is 0 Å². The first-order valence-electron chi connectivity index (χ1n) is 6.22. The summed E-state index contributed by atoms with van der Waals surface area (Å²) in [6.07, 6.45) is 2.96. The van der Waals surface area contributed by atoms with Crippen molar-refractivity contribution >= 4 is 15.7 Å². The first-order chi connectivity index (χ1) is 8.04. The Morgan fingerprint density at radius 1 is 1.29 bits per heavy atom. The van der Waals surface area contributed by atoms with Gasteiger partial charge in [0.15, 0.2) is 9.84 Å². The number of hydrogen-bond donors (Lipinski definition) is 1. The number of amides is 1. The second kappa shape index (κ2) is 4.94. The van der Waals surface area contributed by atoms with Gasteiger partial charge in [-0.05, 0) is 26.3 Å². The van der Waals surface area contributed by atoms with Gasteiger partial charge in [0, 0.05) is 19.1 Å². The molecule has 0 aliphatic carbocycles. The van der Waals surface area contributed by atoms with Crippen molar-refractivity contribution in [2.45, 2.75) is 37.0 Å². The van der Waals surface area contributed by atoms with Gasteiger partial charge in [0.2, 0.25) is 5.91 Å². The number of hydrogen-bond acceptors (Lipinski definition) is 4. The molecule has 2 unspecified atom stereocenters. The molecule has 0 radical (unpaired) electrons. The van der Waals surface area contributed by atoms with Crippen molar-refractivity contribution in [2.75, 3.05) is 25.9 Å². The van der Waals surface area contributed by atoms with Crippen LogP contribution < -0.4 is 5.32 Å². The van der Waals surface area contributed by atoms with Gasteiger partial charge in [-0.2, -0.15) is 0 Å². The third-order valence-electron chi connectivity index (χ3n) is 3.76. The first kappa shape index (κ1) is 12.8. The summed E-state index contributed by atoms with van der Waals surface area (Å²) in [5.41, 5.74) is 0. The predicted molar refractivity (Wildman–Crippen MR) is 65.5 cm³/mol. The van der Waals surface area contributed by atoms with E-state index in [9.17, 15) is 13.2 Å². The highest BCUT2D eigenvalue weighted by Gasteiger charge is 2.39. The maximum absolute atomic E-state index is 12.2. The molecule has 0 spiro atoms. The Balaban J connectivity index is 2.05. The van der Waals surface area contributed by atoms with E-state index >= 15 is 0 Å². The number of nitrogens with one attached hydrogen (secondary N) is 1. The van der Waals surface area contributed by atoms with E-state index in [1.54, 1.807) is 4.90 Å². The van der Waals surface area contributed by atoms with E-state index in [2.05, 4.69) is 5.32 Å². The molecule has 2 aliphatic rings. The minimum atomic E-state index is -3.20. The molecule has 0 saturated carbocycles. The quantitative estimate of drug-likeness (QED) is 0.745. The van der Waals surface area contributed by atoms with Crippen LogP contribution in [0.3, 0.4) is 0 Å². The average Bonchev–Trinajstić information content (AvgIpc) is 2.76. The van der Waals surface area contributed by atoms with Crippen molar-refractivity contribution in [3.05, 3.63) is 0 Å². The maximum Gasteiger partial charge on any atom is 0.240 e. The van der Waals surface area contributed by atoms with Gasteiger partial charge >= 0.3 is 0 Å². The zero-order valence-electron chi connectivity index (χ0n) is 10.2. The van der Waals surface area contributed by atoms with Crippen LogP contribution in [0.25, 0.3) is 0 Å². The van der Waals surface area contributed by atoms with E-state index < -0.39 is 15.1 Å². The van der Waals surface area contributed by atoms with Gasteiger partial charge in [0.1, 0.15) is 5.25 Å². The van der Waals surface area contributed by atoms with Crippen LogP contribution in [0.4, 0.5) is 0 Å². The molecule has 17 heavy (non-hydrogen) atoms. The summed E-state index contributed by atoms with van der Waals surface area (Å²) in [6.45, 7) is 1.32. The molecule has 5 nitrogen and oxygen atoms in total. The fourth-order valence-corrected chi connectivity index (χ4v) is 4.50. The normalized spacial score (nSPS) is 32.6. The molecule has 1 N–H and O–H groups in total. The SMILES string of the molecule is CNC1CCN(C(=O)C2CCCCS2(=O)=O)C1. The van der Waals surface area contributed by atoms with Crippen molar-refractivity contribution in [1.29, 1.82) is 0 Å². The molecular formula is C11H20N2O3S. The highest BCUT2D eigenvalue weighted by atomic mass is 32.2. The van der Waals surface area contributed by atoms with E-state index in [1.807, 2.05) is 7.05 Å². The lowest BCUT2D eigenvalue weighted by molar-refractivity contribution is -0.129. The van der Waals surface area contributed by atoms with E-state index in [1.165, 1.54) is 0 Å². The number of carbonyl (C=O) groups is 1. The van der Waals surface area contributed by atoms with Gasteiger partial charge in [-0.25, -0.2) is 8.42 Å². The fourth-order valence-electron chi connectivity index (χ4n) is 2.63. The minimum absolute atomic E-state index is 0.173. The summed E-state index contributed by atoms with van der Waals surface area (Å²) in [5.74, 6) is -0.00497. The largest absolute Gasteiger partial charge is 0.340 e. The molecule has 0 aromatic carbocycles. The third kappa shape index (κ3) is 2.63. The fraction of sp³-hybridized carbons (Fsp3) is 0.909. The minimum Gasteiger partial charge on any atom is -0.340 e. The number of likely N-dealkylation sites (N-methyl/N-ethyl adjacent to an activating group) is 1. The first-order valence-corrected chi connectivity index (χ1v) is 7.94. The van der Waals surface area contributed by atoms with Crippen LogP contribution in [0, 0.1) is 0 Å². The van der Waals surface area contributed by atoms with Gasteiger partial charge in [0.25, 0.3) is 0 Å². The Hall–Kier alpha value is -0.620. The van der Waals surface area contributed by atoms with Gasteiger partial charge in [0.05, 0.1) is 5.75 Å². The van der Waals surface area contributed by atoms with Crippen LogP contribution in [0.1, 0.15) is 25.7 Å². The Bertz CT molecular complexity index is 394. The number of nitrogens with zero attached hydrogens (tertiary/aromatic N) is 1. The lowest BCUT2D eigenvalue weighted by atomic mass is 10.2. The molecule has 0 aromatic rings. The Morgan fingerprint density at radius 2 is 2.06 bits per heavy atom. The Labute approximate surface area is 102 Å². The summed E-state index contributed by atoms with van der Waals surface area (Å²) in [4.78, 5) is 13.9. The standard InChI is InChI=1S/C11H20N2O3S/c1-12-9-5-6-13(8-9)11(14)10-4-2-3-7-17(10,15)16/h9-10,12H,2-8H2,1H3. The van der Waals surface area contributed by atoms with Gasteiger partial charge in [-0.15, -0.1) is 0 Å². The summed E-state index contributed by atoms with van der Waals surface area (Å²) in [6, 6.07) is 0.310. The maximum atomic E-state index is 12.2. The number of rotatable bonds is 2. The Morgan fingerprint density at radius 3 is 2.65 bits per heavy atom. The summed E-state index contributed by atoms with van der Waals surface area (Å²) < 4.78 is 23.7. The van der Waals surface area contributed by atoms with Crippen LogP contribution in [0.5, 0.6) is 0 Å². The van der Waals surface area contributed by atoms with E-state index in [0.29, 0.717) is 32.0 Å². The molecule has 2 saturated heterocycles. The van der Waals surface area contributed by atoms with Crippen LogP contribution in [0.2, 0.25) is 0 Å². The molecule has 6 heteroatoms. The summed E-state index contributed by atoms with van der Waals surface area (Å²) in [5, 5.41) is 2.36. The molecule has 2 aliphatic heterocycles. The zero-order valence-corrected chi connectivity index (χ0v) is 11.0. The lowest BCUT2D eigenvalue weighted by Gasteiger charge is -2.26. The van der Waals surface area contributed by atoms with E-state index in [-0.39, 0.29) is 11.7 Å². The molecule has 1 amide bonds. The molecule has 0 bridgehead atoms. The zero-order chi connectivity index (χ0) is 12.5. The van der Waals surface area contributed by atoms with Crippen molar-refractivity contribution < 1.29 is 13.2 Å². The smallest absolute Gasteiger partial charge is 0.240 e. The Kier molecular flexibility index (Phi) is 3.73. The summed E-state index contributed by atoms with van der Waals surface area (Å²) in [7, 11) is -1.32. The highest BCUT2D eigenvalue weighted by Crippen LogP contribution is 2.23. The van der Waals surface area contributed by atoms with Crippen molar-refractivity contribution in [3.8, 4) is 0 Å². The van der Waals surface area contributed by atoms with Crippen LogP contribution in [-0.4, -0.2) is 56.4 Å². The van der Waals surface area contributed by atoms with Gasteiger partial charge in [-0.1, -0.05) is 6.42 Å². The predicted octanol–water partition coefficient (Wildman–Crippen LogP) is -0.226. The van der Waals surface area contributed by atoms with Crippen LogP contribution in [-0.2, 0) is 14.6 Å².